The third kappa shape index (κ3) is 3.42. The van der Waals surface area contributed by atoms with Gasteiger partial charge in [0.15, 0.2) is 0 Å². The lowest BCUT2D eigenvalue weighted by Gasteiger charge is -2.14. The molecule has 2 N–H and O–H groups in total. The first-order chi connectivity index (χ1) is 7.90. The Morgan fingerprint density at radius 2 is 2.12 bits per heavy atom. The van der Waals surface area contributed by atoms with Crippen LogP contribution in [0.15, 0.2) is 23.1 Å². The van der Waals surface area contributed by atoms with Gasteiger partial charge in [0, 0.05) is 6.04 Å². The van der Waals surface area contributed by atoms with Crippen LogP contribution in [0.25, 0.3) is 0 Å². The molecule has 0 aliphatic rings. The Bertz CT molecular complexity index is 484. The van der Waals surface area contributed by atoms with Crippen LogP contribution in [-0.2, 0) is 10.0 Å². The molecule has 0 saturated heterocycles. The second kappa shape index (κ2) is 5.48. The lowest BCUT2D eigenvalue weighted by atomic mass is 10.2. The molecule has 0 saturated carbocycles. The molecule has 1 rings (SSSR count). The van der Waals surface area contributed by atoms with Crippen molar-refractivity contribution in [2.75, 3.05) is 13.7 Å². The van der Waals surface area contributed by atoms with Crippen molar-refractivity contribution in [3.05, 3.63) is 23.8 Å². The standard InChI is InChI=1S/C11H17NO4S/c1-8-4-5-10(16-3)11(6-8)17(14,15)12-9(2)7-13/h4-6,9,12-13H,7H2,1-3H3/t9-/m1/s1. The van der Waals surface area contributed by atoms with E-state index in [-0.39, 0.29) is 17.3 Å². The molecule has 0 aliphatic carbocycles. The monoisotopic (exact) mass is 259 g/mol. The molecule has 6 heteroatoms. The molecule has 0 aliphatic heterocycles. The van der Waals surface area contributed by atoms with E-state index >= 15 is 0 Å². The predicted molar refractivity (Wildman–Crippen MR) is 64.6 cm³/mol. The summed E-state index contributed by atoms with van der Waals surface area (Å²) in [7, 11) is -2.26. The van der Waals surface area contributed by atoms with Gasteiger partial charge in [0.1, 0.15) is 10.6 Å². The average molecular weight is 259 g/mol. The van der Waals surface area contributed by atoms with Crippen molar-refractivity contribution in [1.82, 2.24) is 4.72 Å². The fraction of sp³-hybridized carbons (Fsp3) is 0.455. The number of hydrogen-bond acceptors (Lipinski definition) is 4. The number of rotatable bonds is 5. The van der Waals surface area contributed by atoms with Crippen molar-refractivity contribution < 1.29 is 18.3 Å². The highest BCUT2D eigenvalue weighted by Gasteiger charge is 2.21. The highest BCUT2D eigenvalue weighted by atomic mass is 32.2. The Hall–Kier alpha value is -1.11. The van der Waals surface area contributed by atoms with Crippen LogP contribution in [0.2, 0.25) is 0 Å². The Balaban J connectivity index is 3.18. The second-order valence-electron chi connectivity index (χ2n) is 3.86. The van der Waals surface area contributed by atoms with Gasteiger partial charge in [-0.1, -0.05) is 6.07 Å². The van der Waals surface area contributed by atoms with E-state index in [1.165, 1.54) is 13.2 Å². The normalized spacial score (nSPS) is 13.4. The number of methoxy groups -OCH3 is 1. The minimum absolute atomic E-state index is 0.0836. The van der Waals surface area contributed by atoms with Crippen LogP contribution in [0.4, 0.5) is 0 Å². The van der Waals surface area contributed by atoms with E-state index in [1.54, 1.807) is 26.0 Å². The summed E-state index contributed by atoms with van der Waals surface area (Å²) in [4.78, 5) is 0.0836. The molecule has 1 atom stereocenters. The molecule has 96 valence electrons. The van der Waals surface area contributed by atoms with Crippen LogP contribution < -0.4 is 9.46 Å². The second-order valence-corrected chi connectivity index (χ2v) is 5.54. The van der Waals surface area contributed by atoms with E-state index in [0.29, 0.717) is 0 Å². The van der Waals surface area contributed by atoms with Crippen molar-refractivity contribution in [3.63, 3.8) is 0 Å². The zero-order valence-electron chi connectivity index (χ0n) is 10.1. The lowest BCUT2D eigenvalue weighted by molar-refractivity contribution is 0.265. The summed E-state index contributed by atoms with van der Waals surface area (Å²) in [5.74, 6) is 0.285. The summed E-state index contributed by atoms with van der Waals surface area (Å²) in [5.41, 5.74) is 0.822. The Morgan fingerprint density at radius 3 is 2.65 bits per heavy atom. The molecule has 0 radical (unpaired) electrons. The first-order valence-corrected chi connectivity index (χ1v) is 6.67. The topological polar surface area (TPSA) is 75.6 Å². The molecule has 0 fully saturated rings. The highest BCUT2D eigenvalue weighted by molar-refractivity contribution is 7.89. The quantitative estimate of drug-likeness (QED) is 0.814. The van der Waals surface area contributed by atoms with Crippen molar-refractivity contribution in [1.29, 1.82) is 0 Å². The molecule has 0 bridgehead atoms. The van der Waals surface area contributed by atoms with Crippen LogP contribution in [0.3, 0.4) is 0 Å². The summed E-state index contributed by atoms with van der Waals surface area (Å²) in [5, 5.41) is 8.87. The summed E-state index contributed by atoms with van der Waals surface area (Å²) < 4.78 is 31.4. The number of benzene rings is 1. The summed E-state index contributed by atoms with van der Waals surface area (Å²) in [6.07, 6.45) is 0. The molecule has 0 spiro atoms. The Morgan fingerprint density at radius 1 is 1.47 bits per heavy atom. The van der Waals surface area contributed by atoms with E-state index in [1.807, 2.05) is 0 Å². The largest absolute Gasteiger partial charge is 0.495 e. The summed E-state index contributed by atoms with van der Waals surface area (Å²) in [6.45, 7) is 3.13. The van der Waals surface area contributed by atoms with Gasteiger partial charge in [0.05, 0.1) is 13.7 Å². The van der Waals surface area contributed by atoms with Crippen LogP contribution in [-0.4, -0.2) is 33.3 Å². The van der Waals surface area contributed by atoms with Crippen LogP contribution >= 0.6 is 0 Å². The van der Waals surface area contributed by atoms with E-state index in [9.17, 15) is 8.42 Å². The molecule has 0 amide bonds. The van der Waals surface area contributed by atoms with Crippen molar-refractivity contribution in [2.24, 2.45) is 0 Å². The smallest absolute Gasteiger partial charge is 0.244 e. The molecule has 0 unspecified atom stereocenters. The van der Waals surface area contributed by atoms with Gasteiger partial charge in [-0.25, -0.2) is 13.1 Å². The number of hydrogen-bond donors (Lipinski definition) is 2. The van der Waals surface area contributed by atoms with Gasteiger partial charge in [-0.05, 0) is 31.5 Å². The first-order valence-electron chi connectivity index (χ1n) is 5.18. The first kappa shape index (κ1) is 14.0. The fourth-order valence-electron chi connectivity index (χ4n) is 1.36. The number of sulfonamides is 1. The Kier molecular flexibility index (Phi) is 4.50. The van der Waals surface area contributed by atoms with Crippen molar-refractivity contribution in [3.8, 4) is 5.75 Å². The van der Waals surface area contributed by atoms with Gasteiger partial charge in [-0.15, -0.1) is 0 Å². The number of aliphatic hydroxyl groups excluding tert-OH is 1. The van der Waals surface area contributed by atoms with Gasteiger partial charge in [-0.2, -0.15) is 0 Å². The van der Waals surface area contributed by atoms with E-state index in [2.05, 4.69) is 4.72 Å². The maximum atomic E-state index is 12.0. The summed E-state index contributed by atoms with van der Waals surface area (Å²) >= 11 is 0. The fourth-order valence-corrected chi connectivity index (χ4v) is 2.85. The molecule has 1 aromatic carbocycles. The molecule has 17 heavy (non-hydrogen) atoms. The minimum atomic E-state index is -3.67. The zero-order valence-corrected chi connectivity index (χ0v) is 10.9. The SMILES string of the molecule is COc1ccc(C)cc1S(=O)(=O)N[C@H](C)CO. The molecule has 0 heterocycles. The maximum Gasteiger partial charge on any atom is 0.244 e. The molecule has 0 aromatic heterocycles. The number of aliphatic hydroxyl groups is 1. The maximum absolute atomic E-state index is 12.0. The zero-order chi connectivity index (χ0) is 13.1. The van der Waals surface area contributed by atoms with Crippen molar-refractivity contribution in [2.45, 2.75) is 24.8 Å². The number of aryl methyl sites for hydroxylation is 1. The minimum Gasteiger partial charge on any atom is -0.495 e. The Labute approximate surface area is 101 Å². The molecular formula is C11H17NO4S. The van der Waals surface area contributed by atoms with Crippen LogP contribution in [0.5, 0.6) is 5.75 Å². The average Bonchev–Trinajstić information content (AvgIpc) is 2.28. The van der Waals surface area contributed by atoms with Gasteiger partial charge in [0.2, 0.25) is 10.0 Å². The van der Waals surface area contributed by atoms with E-state index in [4.69, 9.17) is 9.84 Å². The number of ether oxygens (including phenoxy) is 1. The van der Waals surface area contributed by atoms with E-state index < -0.39 is 16.1 Å². The van der Waals surface area contributed by atoms with Crippen molar-refractivity contribution >= 4 is 10.0 Å². The number of nitrogens with one attached hydrogen (secondary N) is 1. The van der Waals surface area contributed by atoms with Gasteiger partial charge < -0.3 is 9.84 Å². The van der Waals surface area contributed by atoms with Gasteiger partial charge in [0.25, 0.3) is 0 Å². The van der Waals surface area contributed by atoms with Gasteiger partial charge >= 0.3 is 0 Å². The van der Waals surface area contributed by atoms with E-state index in [0.717, 1.165) is 5.56 Å². The third-order valence-corrected chi connectivity index (χ3v) is 3.85. The summed E-state index contributed by atoms with van der Waals surface area (Å²) in [6, 6.07) is 4.37. The highest BCUT2D eigenvalue weighted by Crippen LogP contribution is 2.24. The lowest BCUT2D eigenvalue weighted by Crippen LogP contribution is -2.35. The molecule has 5 nitrogen and oxygen atoms in total. The van der Waals surface area contributed by atoms with Crippen LogP contribution in [0.1, 0.15) is 12.5 Å². The third-order valence-electron chi connectivity index (χ3n) is 2.24. The molecule has 1 aromatic rings. The van der Waals surface area contributed by atoms with Crippen LogP contribution in [0, 0.1) is 6.92 Å². The van der Waals surface area contributed by atoms with Gasteiger partial charge in [-0.3, -0.25) is 0 Å². The predicted octanol–water partition coefficient (Wildman–Crippen LogP) is 0.663. The molecular weight excluding hydrogens is 242 g/mol.